The minimum absolute atomic E-state index is 0.0474. The number of methoxy groups -OCH3 is 1. The molecule has 0 aromatic heterocycles. The minimum Gasteiger partial charge on any atom is -0.465 e. The number of nitrogen functional groups attached to an aromatic ring is 1. The number of aliphatic imine (C=N–C) groups is 1. The van der Waals surface area contributed by atoms with Crippen LogP contribution < -0.4 is 11.1 Å². The van der Waals surface area contributed by atoms with Crippen LogP contribution in [0.25, 0.3) is 11.1 Å². The monoisotopic (exact) mass is 395 g/mol. The second-order valence-electron chi connectivity index (χ2n) is 7.45. The molecule has 2 aliphatic heterocycles. The first-order valence-electron chi connectivity index (χ1n) is 9.83. The number of esters is 1. The lowest BCUT2D eigenvalue weighted by Gasteiger charge is -2.27. The number of hydrogen-bond donors (Lipinski definition) is 2. The summed E-state index contributed by atoms with van der Waals surface area (Å²) in [7, 11) is 1.39. The fourth-order valence-corrected chi connectivity index (χ4v) is 4.30. The molecule has 0 radical (unpaired) electrons. The fraction of sp³-hybridized carbons (Fsp3) is 0.120. The van der Waals surface area contributed by atoms with Crippen LogP contribution in [0.4, 0.5) is 11.4 Å². The largest absolute Gasteiger partial charge is 0.465 e. The van der Waals surface area contributed by atoms with Gasteiger partial charge in [0.1, 0.15) is 6.17 Å². The number of nitrogens with zero attached hydrogens (tertiary/aromatic N) is 1. The third kappa shape index (κ3) is 2.95. The number of hydrogen-bond acceptors (Lipinski definition) is 5. The van der Waals surface area contributed by atoms with E-state index in [9.17, 15) is 4.79 Å². The highest BCUT2D eigenvalue weighted by Crippen LogP contribution is 2.49. The molecule has 0 spiro atoms. The van der Waals surface area contributed by atoms with Gasteiger partial charge in [-0.1, -0.05) is 42.5 Å². The molecule has 0 bridgehead atoms. The quantitative estimate of drug-likeness (QED) is 0.502. The van der Waals surface area contributed by atoms with Gasteiger partial charge in [-0.05, 0) is 52.6 Å². The van der Waals surface area contributed by atoms with E-state index in [1.807, 2.05) is 54.7 Å². The zero-order valence-corrected chi connectivity index (χ0v) is 16.5. The maximum atomic E-state index is 11.8. The van der Waals surface area contributed by atoms with Crippen LogP contribution in [0.1, 0.15) is 33.0 Å². The molecular formula is C25H21N3O2. The Morgan fingerprint density at radius 3 is 2.50 bits per heavy atom. The van der Waals surface area contributed by atoms with E-state index in [4.69, 9.17) is 15.5 Å². The van der Waals surface area contributed by atoms with Crippen molar-refractivity contribution in [2.45, 2.75) is 12.1 Å². The number of ether oxygens (including phenoxy) is 1. The molecule has 3 aromatic rings. The number of carbonyl (C=O) groups excluding carboxylic acids is 1. The van der Waals surface area contributed by atoms with Crippen LogP contribution in [0.15, 0.2) is 77.8 Å². The molecule has 30 heavy (non-hydrogen) atoms. The number of benzene rings is 3. The van der Waals surface area contributed by atoms with Crippen molar-refractivity contribution < 1.29 is 9.53 Å². The molecule has 2 aliphatic rings. The number of allylic oxidation sites excluding steroid dienone is 1. The van der Waals surface area contributed by atoms with Gasteiger partial charge in [0, 0.05) is 23.2 Å². The van der Waals surface area contributed by atoms with E-state index >= 15 is 0 Å². The summed E-state index contributed by atoms with van der Waals surface area (Å²) in [6, 6.07) is 23.8. The van der Waals surface area contributed by atoms with Crippen LogP contribution in [-0.4, -0.2) is 25.5 Å². The van der Waals surface area contributed by atoms with Crippen molar-refractivity contribution in [3.8, 4) is 0 Å². The highest BCUT2D eigenvalue weighted by molar-refractivity contribution is 6.22. The molecule has 0 aliphatic carbocycles. The number of fused-ring (bicyclic) bond motifs is 3. The molecule has 0 saturated carbocycles. The number of carbonyl (C=O) groups is 1. The molecule has 5 rings (SSSR count). The lowest BCUT2D eigenvalue weighted by atomic mass is 9.80. The molecule has 0 fully saturated rings. The van der Waals surface area contributed by atoms with E-state index < -0.39 is 0 Å². The van der Waals surface area contributed by atoms with Crippen LogP contribution in [0.3, 0.4) is 0 Å². The maximum absolute atomic E-state index is 11.8. The third-order valence-corrected chi connectivity index (χ3v) is 5.70. The second-order valence-corrected chi connectivity index (χ2v) is 7.45. The Balaban J connectivity index is 1.69. The molecule has 2 unspecified atom stereocenters. The summed E-state index contributed by atoms with van der Waals surface area (Å²) in [5, 5.41) is 3.52. The van der Waals surface area contributed by atoms with Crippen LogP contribution in [0.5, 0.6) is 0 Å². The Morgan fingerprint density at radius 1 is 1.00 bits per heavy atom. The summed E-state index contributed by atoms with van der Waals surface area (Å²) in [4.78, 5) is 16.6. The number of anilines is 2. The summed E-state index contributed by atoms with van der Waals surface area (Å²) in [5.41, 5.74) is 14.0. The Morgan fingerprint density at radius 2 is 1.77 bits per heavy atom. The summed E-state index contributed by atoms with van der Waals surface area (Å²) < 4.78 is 4.82. The van der Waals surface area contributed by atoms with Gasteiger partial charge in [-0.25, -0.2) is 4.79 Å². The van der Waals surface area contributed by atoms with Crippen molar-refractivity contribution in [3.05, 3.63) is 95.1 Å². The van der Waals surface area contributed by atoms with E-state index in [2.05, 4.69) is 17.4 Å². The number of rotatable bonds is 3. The molecule has 0 amide bonds. The third-order valence-electron chi connectivity index (χ3n) is 5.70. The first kappa shape index (κ1) is 18.2. The van der Waals surface area contributed by atoms with Crippen molar-refractivity contribution in [3.63, 3.8) is 0 Å². The number of dihydropyridines is 1. The normalized spacial score (nSPS) is 19.1. The molecule has 148 valence electrons. The van der Waals surface area contributed by atoms with Crippen molar-refractivity contribution in [1.29, 1.82) is 0 Å². The average molecular weight is 395 g/mol. The smallest absolute Gasteiger partial charge is 0.337 e. The van der Waals surface area contributed by atoms with Crippen molar-refractivity contribution in [1.82, 2.24) is 0 Å². The molecule has 2 heterocycles. The molecule has 3 aromatic carbocycles. The lowest BCUT2D eigenvalue weighted by Crippen LogP contribution is -2.23. The Bertz CT molecular complexity index is 1180. The van der Waals surface area contributed by atoms with Gasteiger partial charge in [-0.3, -0.25) is 4.99 Å². The van der Waals surface area contributed by atoms with E-state index in [0.717, 1.165) is 33.6 Å². The van der Waals surface area contributed by atoms with Gasteiger partial charge in [0.2, 0.25) is 0 Å². The number of nitrogens with one attached hydrogen (secondary N) is 1. The van der Waals surface area contributed by atoms with Crippen molar-refractivity contribution in [2.75, 3.05) is 18.2 Å². The van der Waals surface area contributed by atoms with Gasteiger partial charge in [-0.15, -0.1) is 0 Å². The summed E-state index contributed by atoms with van der Waals surface area (Å²) in [5.74, 6) is -0.299. The molecule has 0 saturated heterocycles. The summed E-state index contributed by atoms with van der Waals surface area (Å²) in [6.07, 6.45) is 1.86. The van der Waals surface area contributed by atoms with Gasteiger partial charge in [0.15, 0.2) is 0 Å². The van der Waals surface area contributed by atoms with Crippen molar-refractivity contribution in [2.24, 2.45) is 4.99 Å². The predicted octanol–water partition coefficient (Wildman–Crippen LogP) is 4.59. The van der Waals surface area contributed by atoms with E-state index in [1.54, 1.807) is 12.1 Å². The van der Waals surface area contributed by atoms with Crippen LogP contribution in [0, 0.1) is 0 Å². The molecule has 5 heteroatoms. The van der Waals surface area contributed by atoms with E-state index in [1.165, 1.54) is 12.7 Å². The second kappa shape index (κ2) is 7.19. The van der Waals surface area contributed by atoms with Crippen LogP contribution >= 0.6 is 0 Å². The first-order valence-corrected chi connectivity index (χ1v) is 9.83. The average Bonchev–Trinajstić information content (AvgIpc) is 3.16. The zero-order valence-electron chi connectivity index (χ0n) is 16.5. The van der Waals surface area contributed by atoms with E-state index in [-0.39, 0.29) is 18.1 Å². The highest BCUT2D eigenvalue weighted by Gasteiger charge is 2.38. The van der Waals surface area contributed by atoms with Gasteiger partial charge >= 0.3 is 5.97 Å². The SMILES string of the molecule is COC(=O)c1ccc(C2=C(c3ccccc3)C3c4cc(N)ccc4NC3N=C2)cc1. The van der Waals surface area contributed by atoms with Crippen molar-refractivity contribution >= 4 is 34.7 Å². The zero-order chi connectivity index (χ0) is 20.7. The highest BCUT2D eigenvalue weighted by atomic mass is 16.5. The standard InChI is InChI=1S/C25H21N3O2/c1-30-25(29)17-9-7-15(8-10-17)20-14-27-24-23(22(20)16-5-3-2-4-6-16)19-13-18(26)11-12-21(19)28-24/h2-14,23-24,28H,26H2,1H3. The van der Waals surface area contributed by atoms with Crippen LogP contribution in [0.2, 0.25) is 0 Å². The fourth-order valence-electron chi connectivity index (χ4n) is 4.30. The molecule has 2 atom stereocenters. The Hall–Kier alpha value is -3.86. The first-order chi connectivity index (χ1) is 14.7. The van der Waals surface area contributed by atoms with Gasteiger partial charge in [0.25, 0.3) is 0 Å². The topological polar surface area (TPSA) is 76.7 Å². The molecule has 5 nitrogen and oxygen atoms in total. The number of nitrogens with two attached hydrogens (primary N) is 1. The van der Waals surface area contributed by atoms with Gasteiger partial charge in [-0.2, -0.15) is 0 Å². The Labute approximate surface area is 174 Å². The summed E-state index contributed by atoms with van der Waals surface area (Å²) >= 11 is 0. The Kier molecular flexibility index (Phi) is 4.36. The summed E-state index contributed by atoms with van der Waals surface area (Å²) in [6.45, 7) is 0. The van der Waals surface area contributed by atoms with Gasteiger partial charge in [0.05, 0.1) is 18.6 Å². The minimum atomic E-state index is -0.347. The molecule has 3 N–H and O–H groups in total. The maximum Gasteiger partial charge on any atom is 0.337 e. The lowest BCUT2D eigenvalue weighted by molar-refractivity contribution is 0.0600. The molecular weight excluding hydrogens is 374 g/mol. The van der Waals surface area contributed by atoms with E-state index in [0.29, 0.717) is 5.56 Å². The predicted molar refractivity (Wildman–Crippen MR) is 121 cm³/mol. The van der Waals surface area contributed by atoms with Crippen LogP contribution in [-0.2, 0) is 4.74 Å². The van der Waals surface area contributed by atoms with Gasteiger partial charge < -0.3 is 15.8 Å².